The van der Waals surface area contributed by atoms with E-state index in [0.717, 1.165) is 18.4 Å². The van der Waals surface area contributed by atoms with E-state index < -0.39 is 41.6 Å². The highest BCUT2D eigenvalue weighted by Gasteiger charge is 2.35. The number of hydrogen-bond donors (Lipinski definition) is 2. The molecule has 0 aliphatic heterocycles. The smallest absolute Gasteiger partial charge is 0.408 e. The lowest BCUT2D eigenvalue weighted by Crippen LogP contribution is -2.52. The first-order valence-corrected chi connectivity index (χ1v) is 11.6. The Labute approximate surface area is 202 Å². The summed E-state index contributed by atoms with van der Waals surface area (Å²) >= 11 is 0. The maximum atomic E-state index is 13.5. The number of rotatable bonds is 11. The van der Waals surface area contributed by atoms with E-state index in [9.17, 15) is 19.2 Å². The third-order valence-corrected chi connectivity index (χ3v) is 5.07. The number of unbranched alkanes of at least 4 members (excludes halogenated alkanes) is 2. The topological polar surface area (TPSA) is 114 Å². The summed E-state index contributed by atoms with van der Waals surface area (Å²) in [6.07, 6.45) is 1.75. The molecule has 0 radical (unpaired) electrons. The van der Waals surface area contributed by atoms with Crippen LogP contribution in [0.2, 0.25) is 0 Å². The Morgan fingerprint density at radius 1 is 1.09 bits per heavy atom. The van der Waals surface area contributed by atoms with E-state index >= 15 is 0 Å². The van der Waals surface area contributed by atoms with Gasteiger partial charge in [-0.05, 0) is 52.2 Å². The molecule has 3 amide bonds. The molecular weight excluding hydrogens is 438 g/mol. The molecule has 2 unspecified atom stereocenters. The van der Waals surface area contributed by atoms with Crippen molar-refractivity contribution in [1.82, 2.24) is 15.5 Å². The average Bonchev–Trinajstić information content (AvgIpc) is 2.75. The lowest BCUT2D eigenvalue weighted by molar-refractivity contribution is -0.144. The van der Waals surface area contributed by atoms with Crippen LogP contribution in [0, 0.1) is 6.92 Å². The third-order valence-electron chi connectivity index (χ3n) is 5.07. The Balaban J connectivity index is 3.30. The number of aryl methyl sites for hydroxylation is 1. The fourth-order valence-corrected chi connectivity index (χ4v) is 3.37. The molecule has 1 rings (SSSR count). The van der Waals surface area contributed by atoms with Crippen LogP contribution in [0.4, 0.5) is 4.79 Å². The molecule has 1 aromatic rings. The lowest BCUT2D eigenvalue weighted by Gasteiger charge is -2.34. The molecule has 0 aromatic heterocycles. The Kier molecular flexibility index (Phi) is 11.5. The zero-order valence-corrected chi connectivity index (χ0v) is 21.4. The average molecular weight is 478 g/mol. The van der Waals surface area contributed by atoms with Gasteiger partial charge in [-0.1, -0.05) is 44.0 Å². The minimum absolute atomic E-state index is 0.303. The fourth-order valence-electron chi connectivity index (χ4n) is 3.37. The van der Waals surface area contributed by atoms with E-state index in [1.807, 2.05) is 26.0 Å². The number of methoxy groups -OCH3 is 1. The van der Waals surface area contributed by atoms with Crippen LogP contribution in [-0.2, 0) is 23.9 Å². The van der Waals surface area contributed by atoms with Gasteiger partial charge in [0.25, 0.3) is 0 Å². The highest BCUT2D eigenvalue weighted by molar-refractivity contribution is 5.93. The maximum absolute atomic E-state index is 13.5. The summed E-state index contributed by atoms with van der Waals surface area (Å²) in [4.78, 5) is 52.2. The van der Waals surface area contributed by atoms with Gasteiger partial charge < -0.3 is 25.0 Å². The summed E-state index contributed by atoms with van der Waals surface area (Å²) in [5.41, 5.74) is 0.742. The van der Waals surface area contributed by atoms with Crippen molar-refractivity contribution < 1.29 is 28.7 Å². The predicted octanol–water partition coefficient (Wildman–Crippen LogP) is 3.26. The minimum atomic E-state index is -0.988. The highest BCUT2D eigenvalue weighted by atomic mass is 16.6. The van der Waals surface area contributed by atoms with E-state index in [1.54, 1.807) is 39.8 Å². The van der Waals surface area contributed by atoms with E-state index in [1.165, 1.54) is 12.0 Å². The Morgan fingerprint density at radius 2 is 1.74 bits per heavy atom. The molecule has 1 aromatic carbocycles. The standard InChI is InChI=1S/C25H39N3O6/c1-8-9-12-15-28(23(31)18(3)27-24(32)34-25(4,5)6)21(19-14-11-10-13-17(19)2)22(30)26-16-20(29)33-7/h10-11,13-14,18,21H,8-9,12,15-16H2,1-7H3,(H,26,30)(H,27,32). The summed E-state index contributed by atoms with van der Waals surface area (Å²) in [5, 5.41) is 5.14. The van der Waals surface area contributed by atoms with Crippen LogP contribution in [0.15, 0.2) is 24.3 Å². The van der Waals surface area contributed by atoms with Gasteiger partial charge in [0, 0.05) is 6.54 Å². The lowest BCUT2D eigenvalue weighted by atomic mass is 9.98. The Morgan fingerprint density at radius 3 is 2.29 bits per heavy atom. The first-order valence-electron chi connectivity index (χ1n) is 11.6. The van der Waals surface area contributed by atoms with Crippen molar-refractivity contribution in [3.8, 4) is 0 Å². The number of ether oxygens (including phenoxy) is 2. The van der Waals surface area contributed by atoms with Gasteiger partial charge in [0.2, 0.25) is 11.8 Å². The molecule has 0 aliphatic carbocycles. The van der Waals surface area contributed by atoms with Crippen molar-refractivity contribution in [2.24, 2.45) is 0 Å². The van der Waals surface area contributed by atoms with Gasteiger partial charge in [0.05, 0.1) is 7.11 Å². The molecule has 9 nitrogen and oxygen atoms in total. The molecule has 190 valence electrons. The molecule has 34 heavy (non-hydrogen) atoms. The summed E-state index contributed by atoms with van der Waals surface area (Å²) in [7, 11) is 1.23. The van der Waals surface area contributed by atoms with Crippen molar-refractivity contribution in [3.05, 3.63) is 35.4 Å². The zero-order valence-electron chi connectivity index (χ0n) is 21.4. The van der Waals surface area contributed by atoms with Gasteiger partial charge in [-0.2, -0.15) is 0 Å². The van der Waals surface area contributed by atoms with Gasteiger partial charge in [-0.3, -0.25) is 14.4 Å². The molecule has 2 atom stereocenters. The van der Waals surface area contributed by atoms with Gasteiger partial charge in [-0.15, -0.1) is 0 Å². The molecule has 9 heteroatoms. The van der Waals surface area contributed by atoms with Gasteiger partial charge in [0.1, 0.15) is 24.2 Å². The summed E-state index contributed by atoms with van der Waals surface area (Å²) in [6.45, 7) is 10.6. The molecule has 0 bridgehead atoms. The second kappa shape index (κ2) is 13.6. The number of carbonyl (C=O) groups is 4. The SMILES string of the molecule is CCCCCN(C(=O)C(C)NC(=O)OC(C)(C)C)C(C(=O)NCC(=O)OC)c1ccccc1C. The van der Waals surface area contributed by atoms with E-state index in [-0.39, 0.29) is 6.54 Å². The molecule has 0 spiro atoms. The number of esters is 1. The number of amides is 3. The number of nitrogens with one attached hydrogen (secondary N) is 2. The number of benzene rings is 1. The monoisotopic (exact) mass is 477 g/mol. The van der Waals surface area contributed by atoms with Crippen LogP contribution < -0.4 is 10.6 Å². The van der Waals surface area contributed by atoms with Crippen LogP contribution >= 0.6 is 0 Å². The highest BCUT2D eigenvalue weighted by Crippen LogP contribution is 2.26. The van der Waals surface area contributed by atoms with Crippen LogP contribution in [0.5, 0.6) is 0 Å². The Hall–Kier alpha value is -3.10. The molecule has 0 aliphatic rings. The van der Waals surface area contributed by atoms with Crippen LogP contribution in [0.3, 0.4) is 0 Å². The van der Waals surface area contributed by atoms with Crippen LogP contribution in [0.1, 0.15) is 71.0 Å². The maximum Gasteiger partial charge on any atom is 0.408 e. The first-order chi connectivity index (χ1) is 15.9. The van der Waals surface area contributed by atoms with E-state index in [2.05, 4.69) is 15.4 Å². The van der Waals surface area contributed by atoms with Crippen molar-refractivity contribution in [2.45, 2.75) is 78.5 Å². The second-order valence-corrected chi connectivity index (χ2v) is 9.16. The minimum Gasteiger partial charge on any atom is -0.468 e. The van der Waals surface area contributed by atoms with Crippen LogP contribution in [0.25, 0.3) is 0 Å². The van der Waals surface area contributed by atoms with Crippen molar-refractivity contribution in [1.29, 1.82) is 0 Å². The normalized spacial score (nSPS) is 12.8. The van der Waals surface area contributed by atoms with Gasteiger partial charge >= 0.3 is 12.1 Å². The third kappa shape index (κ3) is 9.41. The summed E-state index contributed by atoms with van der Waals surface area (Å²) < 4.78 is 9.90. The molecule has 0 saturated carbocycles. The molecule has 2 N–H and O–H groups in total. The number of alkyl carbamates (subject to hydrolysis) is 1. The van der Waals surface area contributed by atoms with Crippen molar-refractivity contribution in [3.63, 3.8) is 0 Å². The second-order valence-electron chi connectivity index (χ2n) is 9.16. The summed E-state index contributed by atoms with van der Waals surface area (Å²) in [5.74, 6) is -1.53. The zero-order chi connectivity index (χ0) is 25.9. The quantitative estimate of drug-likeness (QED) is 0.374. The van der Waals surface area contributed by atoms with Crippen molar-refractivity contribution in [2.75, 3.05) is 20.2 Å². The molecular formula is C25H39N3O6. The largest absolute Gasteiger partial charge is 0.468 e. The number of hydrogen-bond acceptors (Lipinski definition) is 6. The number of carbonyl (C=O) groups excluding carboxylic acids is 4. The van der Waals surface area contributed by atoms with Gasteiger partial charge in [-0.25, -0.2) is 4.79 Å². The summed E-state index contributed by atoms with van der Waals surface area (Å²) in [6, 6.07) is 5.35. The van der Waals surface area contributed by atoms with Gasteiger partial charge in [0.15, 0.2) is 0 Å². The van der Waals surface area contributed by atoms with Crippen molar-refractivity contribution >= 4 is 23.9 Å². The Bertz CT molecular complexity index is 849. The fraction of sp³-hybridized carbons (Fsp3) is 0.600. The molecule has 0 fully saturated rings. The molecule has 0 saturated heterocycles. The van der Waals surface area contributed by atoms with Crippen LogP contribution in [-0.4, -0.2) is 60.6 Å². The predicted molar refractivity (Wildman–Crippen MR) is 129 cm³/mol. The van der Waals surface area contributed by atoms with E-state index in [0.29, 0.717) is 18.5 Å². The molecule has 0 heterocycles. The number of nitrogens with zero attached hydrogens (tertiary/aromatic N) is 1. The van der Waals surface area contributed by atoms with E-state index in [4.69, 9.17) is 4.74 Å². The first kappa shape index (κ1) is 28.9.